The van der Waals surface area contributed by atoms with Crippen molar-refractivity contribution in [1.82, 2.24) is 4.90 Å². The Morgan fingerprint density at radius 2 is 2.05 bits per heavy atom. The van der Waals surface area contributed by atoms with E-state index >= 15 is 0 Å². The van der Waals surface area contributed by atoms with Gasteiger partial charge < -0.3 is 10.0 Å². The molecule has 112 valence electrons. The maximum atomic E-state index is 12.1. The quantitative estimate of drug-likeness (QED) is 0.834. The summed E-state index contributed by atoms with van der Waals surface area (Å²) in [5.41, 5.74) is 0.303. The minimum absolute atomic E-state index is 0.192. The summed E-state index contributed by atoms with van der Waals surface area (Å²) >= 11 is 0. The summed E-state index contributed by atoms with van der Waals surface area (Å²) < 4.78 is 0. The number of aliphatic hydroxyl groups excluding tert-OH is 1. The van der Waals surface area contributed by atoms with Crippen LogP contribution in [0.2, 0.25) is 0 Å². The second-order valence-corrected chi connectivity index (χ2v) is 7.40. The van der Waals surface area contributed by atoms with Crippen molar-refractivity contribution in [2.45, 2.75) is 59.5 Å². The summed E-state index contributed by atoms with van der Waals surface area (Å²) in [6.45, 7) is 10.4. The van der Waals surface area contributed by atoms with Crippen LogP contribution in [0.5, 0.6) is 0 Å². The lowest BCUT2D eigenvalue weighted by molar-refractivity contribution is -0.127. The molecule has 3 atom stereocenters. The summed E-state index contributed by atoms with van der Waals surface area (Å²) in [5, 5.41) is 9.31. The minimum Gasteiger partial charge on any atom is -0.393 e. The van der Waals surface area contributed by atoms with E-state index in [-0.39, 0.29) is 12.0 Å². The SMILES string of the molecule is CC(O)CCN(C)CC1CC(C(C)(C)C)CCC1=O. The summed E-state index contributed by atoms with van der Waals surface area (Å²) in [5.74, 6) is 1.28. The van der Waals surface area contributed by atoms with E-state index in [0.29, 0.717) is 17.1 Å². The van der Waals surface area contributed by atoms with Crippen molar-refractivity contribution in [2.24, 2.45) is 17.3 Å². The van der Waals surface area contributed by atoms with Gasteiger partial charge in [0.1, 0.15) is 5.78 Å². The third kappa shape index (κ3) is 5.62. The smallest absolute Gasteiger partial charge is 0.137 e. The van der Waals surface area contributed by atoms with Gasteiger partial charge in [-0.05, 0) is 44.6 Å². The van der Waals surface area contributed by atoms with Gasteiger partial charge in [-0.25, -0.2) is 0 Å². The first kappa shape index (κ1) is 16.6. The van der Waals surface area contributed by atoms with Gasteiger partial charge in [-0.2, -0.15) is 0 Å². The molecule has 3 heteroatoms. The average Bonchev–Trinajstić information content (AvgIpc) is 2.28. The molecule has 0 amide bonds. The molecular formula is C16H31NO2. The maximum absolute atomic E-state index is 12.1. The van der Waals surface area contributed by atoms with Gasteiger partial charge >= 0.3 is 0 Å². The fourth-order valence-electron chi connectivity index (χ4n) is 2.95. The number of aliphatic hydroxyl groups is 1. The second kappa shape index (κ2) is 6.85. The van der Waals surface area contributed by atoms with Gasteiger partial charge in [0.2, 0.25) is 0 Å². The van der Waals surface area contributed by atoms with Crippen LogP contribution in [-0.4, -0.2) is 42.0 Å². The summed E-state index contributed by atoms with van der Waals surface area (Å²) in [6.07, 6.45) is 3.35. The minimum atomic E-state index is -0.258. The number of hydrogen-bond donors (Lipinski definition) is 1. The molecule has 1 aliphatic rings. The van der Waals surface area contributed by atoms with E-state index < -0.39 is 0 Å². The summed E-state index contributed by atoms with van der Waals surface area (Å²) in [4.78, 5) is 14.3. The molecule has 1 fully saturated rings. The van der Waals surface area contributed by atoms with Gasteiger partial charge in [0.05, 0.1) is 6.10 Å². The summed E-state index contributed by atoms with van der Waals surface area (Å²) in [7, 11) is 2.05. The van der Waals surface area contributed by atoms with Crippen molar-refractivity contribution < 1.29 is 9.90 Å². The molecule has 0 heterocycles. The molecule has 1 aliphatic carbocycles. The zero-order valence-corrected chi connectivity index (χ0v) is 13.3. The fourth-order valence-corrected chi connectivity index (χ4v) is 2.95. The van der Waals surface area contributed by atoms with Crippen molar-refractivity contribution in [1.29, 1.82) is 0 Å². The molecule has 0 radical (unpaired) electrons. The largest absolute Gasteiger partial charge is 0.393 e. The zero-order chi connectivity index (χ0) is 14.6. The molecule has 0 aliphatic heterocycles. The van der Waals surface area contributed by atoms with Crippen molar-refractivity contribution in [3.8, 4) is 0 Å². The van der Waals surface area contributed by atoms with Gasteiger partial charge in [-0.15, -0.1) is 0 Å². The topological polar surface area (TPSA) is 40.5 Å². The van der Waals surface area contributed by atoms with E-state index in [0.717, 1.165) is 38.8 Å². The lowest BCUT2D eigenvalue weighted by Crippen LogP contribution is -2.38. The maximum Gasteiger partial charge on any atom is 0.137 e. The van der Waals surface area contributed by atoms with Crippen molar-refractivity contribution in [2.75, 3.05) is 20.1 Å². The first-order chi connectivity index (χ1) is 8.70. The Kier molecular flexibility index (Phi) is 6.00. The predicted molar refractivity (Wildman–Crippen MR) is 79.1 cm³/mol. The molecule has 1 N–H and O–H groups in total. The van der Waals surface area contributed by atoms with Crippen LogP contribution in [0.3, 0.4) is 0 Å². The predicted octanol–water partition coefficient (Wildman–Crippen LogP) is 2.72. The normalized spacial score (nSPS) is 26.8. The van der Waals surface area contributed by atoms with Crippen LogP contribution in [0.15, 0.2) is 0 Å². The third-order valence-corrected chi connectivity index (χ3v) is 4.45. The van der Waals surface area contributed by atoms with Crippen LogP contribution >= 0.6 is 0 Å². The number of rotatable bonds is 5. The van der Waals surface area contributed by atoms with Crippen LogP contribution < -0.4 is 0 Å². The Balaban J connectivity index is 2.48. The molecule has 0 aromatic carbocycles. The van der Waals surface area contributed by atoms with Crippen LogP contribution in [-0.2, 0) is 4.79 Å². The molecule has 19 heavy (non-hydrogen) atoms. The first-order valence-corrected chi connectivity index (χ1v) is 7.59. The van der Waals surface area contributed by atoms with Crippen molar-refractivity contribution in [3.63, 3.8) is 0 Å². The number of hydrogen-bond acceptors (Lipinski definition) is 3. The Hall–Kier alpha value is -0.410. The molecule has 0 aromatic heterocycles. The van der Waals surface area contributed by atoms with Crippen molar-refractivity contribution >= 4 is 5.78 Å². The highest BCUT2D eigenvalue weighted by molar-refractivity contribution is 5.82. The Labute approximate surface area is 118 Å². The van der Waals surface area contributed by atoms with E-state index in [1.54, 1.807) is 0 Å². The van der Waals surface area contributed by atoms with E-state index in [9.17, 15) is 9.90 Å². The first-order valence-electron chi connectivity index (χ1n) is 7.59. The van der Waals surface area contributed by atoms with Crippen LogP contribution in [0.1, 0.15) is 53.4 Å². The van der Waals surface area contributed by atoms with Gasteiger partial charge in [-0.1, -0.05) is 20.8 Å². The van der Waals surface area contributed by atoms with E-state index in [1.807, 2.05) is 6.92 Å². The number of ketones is 1. The number of Topliss-reactive ketones (excluding diaryl/α,β-unsaturated/α-hetero) is 1. The average molecular weight is 269 g/mol. The van der Waals surface area contributed by atoms with E-state index in [1.165, 1.54) is 0 Å². The van der Waals surface area contributed by atoms with Gasteiger partial charge in [0, 0.05) is 25.4 Å². The zero-order valence-electron chi connectivity index (χ0n) is 13.3. The lowest BCUT2D eigenvalue weighted by atomic mass is 9.68. The van der Waals surface area contributed by atoms with Crippen LogP contribution in [0.25, 0.3) is 0 Å². The Morgan fingerprint density at radius 3 is 2.58 bits per heavy atom. The van der Waals surface area contributed by atoms with Gasteiger partial charge in [0.25, 0.3) is 0 Å². The number of carbonyl (C=O) groups is 1. The van der Waals surface area contributed by atoms with Gasteiger partial charge in [-0.3, -0.25) is 4.79 Å². The number of carbonyl (C=O) groups excluding carboxylic acids is 1. The highest BCUT2D eigenvalue weighted by atomic mass is 16.3. The van der Waals surface area contributed by atoms with Crippen LogP contribution in [0, 0.1) is 17.3 Å². The molecule has 0 spiro atoms. The molecule has 0 aromatic rings. The van der Waals surface area contributed by atoms with E-state index in [4.69, 9.17) is 0 Å². The molecule has 1 rings (SSSR count). The Morgan fingerprint density at radius 1 is 1.42 bits per heavy atom. The van der Waals surface area contributed by atoms with Crippen molar-refractivity contribution in [3.05, 3.63) is 0 Å². The molecule has 3 nitrogen and oxygen atoms in total. The van der Waals surface area contributed by atoms with Gasteiger partial charge in [0.15, 0.2) is 0 Å². The second-order valence-electron chi connectivity index (χ2n) is 7.40. The van der Waals surface area contributed by atoms with E-state index in [2.05, 4.69) is 32.7 Å². The molecule has 3 unspecified atom stereocenters. The number of nitrogens with zero attached hydrogens (tertiary/aromatic N) is 1. The van der Waals surface area contributed by atoms with Crippen LogP contribution in [0.4, 0.5) is 0 Å². The standard InChI is InChI=1S/C16H31NO2/c1-12(18)8-9-17(5)11-13-10-14(16(2,3)4)6-7-15(13)19/h12-14,18H,6-11H2,1-5H3. The highest BCUT2D eigenvalue weighted by Gasteiger charge is 2.35. The molecular weight excluding hydrogens is 238 g/mol. The molecule has 0 bridgehead atoms. The molecule has 0 saturated heterocycles. The highest BCUT2D eigenvalue weighted by Crippen LogP contribution is 2.39. The fraction of sp³-hybridized carbons (Fsp3) is 0.938. The summed E-state index contributed by atoms with van der Waals surface area (Å²) in [6, 6.07) is 0. The Bertz CT molecular complexity index is 294. The lowest BCUT2D eigenvalue weighted by Gasteiger charge is -2.38. The molecule has 1 saturated carbocycles. The third-order valence-electron chi connectivity index (χ3n) is 4.45. The monoisotopic (exact) mass is 269 g/mol.